The number of hydrogen-bond acceptors (Lipinski definition) is 4. The van der Waals surface area contributed by atoms with E-state index in [9.17, 15) is 9.59 Å². The van der Waals surface area contributed by atoms with Crippen LogP contribution in [0.15, 0.2) is 23.9 Å². The van der Waals surface area contributed by atoms with Crippen LogP contribution in [0.1, 0.15) is 20.8 Å². The maximum atomic E-state index is 11.4. The Morgan fingerprint density at radius 2 is 2.00 bits per heavy atom. The lowest BCUT2D eigenvalue weighted by atomic mass is 9.98. The summed E-state index contributed by atoms with van der Waals surface area (Å²) in [6.45, 7) is 0. The van der Waals surface area contributed by atoms with Gasteiger partial charge >= 0.3 is 0 Å². The number of ketones is 2. The molecular weight excluding hydrogens is 204 g/mol. The second-order valence-electron chi connectivity index (χ2n) is 2.82. The van der Waals surface area contributed by atoms with E-state index in [0.717, 1.165) is 6.08 Å². The number of fused-ring (bicyclic) bond motifs is 1. The smallest absolute Gasteiger partial charge is 0.227 e. The number of nitrogens with zero attached hydrogens (tertiary/aromatic N) is 1. The number of nitrogens with two attached hydrogens (primary N) is 1. The number of halogens is 1. The van der Waals surface area contributed by atoms with Crippen LogP contribution in [0.2, 0.25) is 5.15 Å². The number of hydrogen-bond donors (Lipinski definition) is 1. The molecule has 2 N–H and O–H groups in total. The first kappa shape index (κ1) is 8.90. The zero-order valence-corrected chi connectivity index (χ0v) is 7.71. The van der Waals surface area contributed by atoms with E-state index in [1.54, 1.807) is 0 Å². The van der Waals surface area contributed by atoms with E-state index in [4.69, 9.17) is 17.3 Å². The molecule has 0 bridgehead atoms. The van der Waals surface area contributed by atoms with Crippen LogP contribution in [0.4, 0.5) is 0 Å². The number of carbonyl (C=O) groups excluding carboxylic acids is 2. The van der Waals surface area contributed by atoms with E-state index in [0.29, 0.717) is 0 Å². The van der Waals surface area contributed by atoms with Crippen molar-refractivity contribution in [1.29, 1.82) is 0 Å². The van der Waals surface area contributed by atoms with E-state index < -0.39 is 5.78 Å². The molecule has 70 valence electrons. The minimum absolute atomic E-state index is 0.0301. The van der Waals surface area contributed by atoms with Gasteiger partial charge in [-0.25, -0.2) is 4.98 Å². The minimum Gasteiger partial charge on any atom is -0.395 e. The summed E-state index contributed by atoms with van der Waals surface area (Å²) in [4.78, 5) is 26.6. The molecule has 0 fully saturated rings. The second-order valence-corrected chi connectivity index (χ2v) is 3.21. The van der Waals surface area contributed by atoms with Gasteiger partial charge in [0.2, 0.25) is 5.78 Å². The van der Waals surface area contributed by atoms with E-state index >= 15 is 0 Å². The molecule has 14 heavy (non-hydrogen) atoms. The van der Waals surface area contributed by atoms with Crippen LogP contribution in [0.25, 0.3) is 0 Å². The van der Waals surface area contributed by atoms with E-state index in [1.807, 2.05) is 0 Å². The quantitative estimate of drug-likeness (QED) is 0.645. The molecule has 0 amide bonds. The molecule has 0 aromatic carbocycles. The standard InChI is InChI=1S/C9H5ClN2O2/c10-7-2-1-4-6(13)3-5(11)9(14)8(4)12-7/h1-3H,11H2. The number of allylic oxidation sites excluding steroid dienone is 2. The Morgan fingerprint density at radius 1 is 1.29 bits per heavy atom. The first-order chi connectivity index (χ1) is 6.59. The molecule has 1 aliphatic carbocycles. The van der Waals surface area contributed by atoms with Gasteiger partial charge in [0.25, 0.3) is 0 Å². The van der Waals surface area contributed by atoms with Crippen molar-refractivity contribution in [2.75, 3.05) is 0 Å². The summed E-state index contributed by atoms with van der Waals surface area (Å²) in [5.74, 6) is -0.775. The summed E-state index contributed by atoms with van der Waals surface area (Å²) in [5, 5.41) is 0.166. The van der Waals surface area contributed by atoms with Crippen LogP contribution in [0, 0.1) is 0 Å². The average molecular weight is 209 g/mol. The van der Waals surface area contributed by atoms with Gasteiger partial charge in [0.1, 0.15) is 10.8 Å². The Balaban J connectivity index is 2.69. The fraction of sp³-hybridized carbons (Fsp3) is 0. The number of Topliss-reactive ketones (excluding diaryl/α,β-unsaturated/α-hetero) is 1. The van der Waals surface area contributed by atoms with Gasteiger partial charge in [-0.2, -0.15) is 0 Å². The molecule has 1 heterocycles. The maximum absolute atomic E-state index is 11.4. The van der Waals surface area contributed by atoms with Crippen molar-refractivity contribution < 1.29 is 9.59 Å². The van der Waals surface area contributed by atoms with Gasteiger partial charge in [0.05, 0.1) is 11.3 Å². The van der Waals surface area contributed by atoms with Crippen LogP contribution in [-0.2, 0) is 0 Å². The average Bonchev–Trinajstić information content (AvgIpc) is 2.14. The van der Waals surface area contributed by atoms with Crippen molar-refractivity contribution in [2.24, 2.45) is 5.73 Å². The lowest BCUT2D eigenvalue weighted by molar-refractivity contribution is 0.0979. The number of aromatic nitrogens is 1. The van der Waals surface area contributed by atoms with Gasteiger partial charge in [-0.15, -0.1) is 0 Å². The molecule has 1 aromatic rings. The molecule has 0 aliphatic heterocycles. The number of carbonyl (C=O) groups is 2. The van der Waals surface area contributed by atoms with E-state index in [2.05, 4.69) is 4.98 Å². The second kappa shape index (κ2) is 2.92. The van der Waals surface area contributed by atoms with Crippen molar-refractivity contribution in [2.45, 2.75) is 0 Å². The predicted molar refractivity (Wildman–Crippen MR) is 50.2 cm³/mol. The van der Waals surface area contributed by atoms with Crippen molar-refractivity contribution in [3.05, 3.63) is 40.3 Å². The van der Waals surface area contributed by atoms with Crippen LogP contribution in [0.3, 0.4) is 0 Å². The first-order valence-corrected chi connectivity index (χ1v) is 4.20. The van der Waals surface area contributed by atoms with Crippen molar-refractivity contribution >= 4 is 23.2 Å². The zero-order valence-electron chi connectivity index (χ0n) is 6.95. The van der Waals surface area contributed by atoms with Gasteiger partial charge in [0, 0.05) is 6.08 Å². The summed E-state index contributed by atoms with van der Waals surface area (Å²) >= 11 is 5.60. The van der Waals surface area contributed by atoms with Crippen molar-refractivity contribution in [1.82, 2.24) is 4.98 Å². The highest BCUT2D eigenvalue weighted by atomic mass is 35.5. The molecule has 0 radical (unpaired) electrons. The highest BCUT2D eigenvalue weighted by Crippen LogP contribution is 2.19. The summed E-state index contributed by atoms with van der Waals surface area (Å²) < 4.78 is 0. The van der Waals surface area contributed by atoms with Gasteiger partial charge in [-0.1, -0.05) is 11.6 Å². The monoisotopic (exact) mass is 208 g/mol. The van der Waals surface area contributed by atoms with Gasteiger partial charge < -0.3 is 5.73 Å². The largest absolute Gasteiger partial charge is 0.395 e. The number of rotatable bonds is 0. The molecule has 0 atom stereocenters. The highest BCUT2D eigenvalue weighted by Gasteiger charge is 2.25. The van der Waals surface area contributed by atoms with E-state index in [-0.39, 0.29) is 27.9 Å². The topological polar surface area (TPSA) is 73.1 Å². The Labute approximate surface area is 84.4 Å². The minimum atomic E-state index is -0.456. The van der Waals surface area contributed by atoms with E-state index in [1.165, 1.54) is 12.1 Å². The van der Waals surface area contributed by atoms with Gasteiger partial charge in [0.15, 0.2) is 5.78 Å². The molecule has 4 nitrogen and oxygen atoms in total. The molecule has 2 rings (SSSR count). The van der Waals surface area contributed by atoms with Crippen molar-refractivity contribution in [3.63, 3.8) is 0 Å². The molecular formula is C9H5ClN2O2. The van der Waals surface area contributed by atoms with Crippen LogP contribution in [-0.4, -0.2) is 16.6 Å². The molecule has 5 heteroatoms. The first-order valence-electron chi connectivity index (χ1n) is 3.82. The molecule has 0 unspecified atom stereocenters. The maximum Gasteiger partial charge on any atom is 0.227 e. The third kappa shape index (κ3) is 1.20. The molecule has 0 spiro atoms. The Hall–Kier alpha value is -1.68. The third-order valence-electron chi connectivity index (χ3n) is 1.89. The predicted octanol–water partition coefficient (Wildman–Crippen LogP) is 0.957. The van der Waals surface area contributed by atoms with Crippen molar-refractivity contribution in [3.8, 4) is 0 Å². The Kier molecular flexibility index (Phi) is 1.86. The molecule has 1 aliphatic rings. The normalized spacial score (nSPS) is 15.1. The number of pyridine rings is 1. The van der Waals surface area contributed by atoms with Crippen LogP contribution in [0.5, 0.6) is 0 Å². The van der Waals surface area contributed by atoms with Gasteiger partial charge in [-0.3, -0.25) is 9.59 Å². The SMILES string of the molecule is NC1=CC(=O)c2ccc(Cl)nc2C1=O. The Morgan fingerprint density at radius 3 is 2.71 bits per heavy atom. The van der Waals surface area contributed by atoms with Crippen LogP contribution >= 0.6 is 11.6 Å². The highest BCUT2D eigenvalue weighted by molar-refractivity contribution is 6.30. The lowest BCUT2D eigenvalue weighted by Gasteiger charge is -2.10. The summed E-state index contributed by atoms with van der Waals surface area (Å²) in [6.07, 6.45) is 1.10. The fourth-order valence-corrected chi connectivity index (χ4v) is 1.38. The molecule has 0 saturated carbocycles. The Bertz CT molecular complexity index is 480. The zero-order chi connectivity index (χ0) is 10.3. The summed E-state index contributed by atoms with van der Waals surface area (Å²) in [5.41, 5.74) is 5.52. The summed E-state index contributed by atoms with van der Waals surface area (Å²) in [6, 6.07) is 2.93. The summed E-state index contributed by atoms with van der Waals surface area (Å²) in [7, 11) is 0. The lowest BCUT2D eigenvalue weighted by Crippen LogP contribution is -2.23. The van der Waals surface area contributed by atoms with Crippen LogP contribution < -0.4 is 5.73 Å². The molecule has 0 saturated heterocycles. The van der Waals surface area contributed by atoms with Gasteiger partial charge in [-0.05, 0) is 12.1 Å². The third-order valence-corrected chi connectivity index (χ3v) is 2.10. The molecule has 1 aromatic heterocycles. The fourth-order valence-electron chi connectivity index (χ4n) is 1.23.